The van der Waals surface area contributed by atoms with E-state index in [2.05, 4.69) is 25.5 Å². The van der Waals surface area contributed by atoms with Crippen molar-refractivity contribution in [3.63, 3.8) is 0 Å². The smallest absolute Gasteiger partial charge is 0.338 e. The summed E-state index contributed by atoms with van der Waals surface area (Å²) >= 11 is 4.81. The van der Waals surface area contributed by atoms with Gasteiger partial charge in [0.25, 0.3) is 5.56 Å². The maximum atomic E-state index is 14.1. The lowest BCUT2D eigenvalue weighted by atomic mass is 9.96. The lowest BCUT2D eigenvalue weighted by molar-refractivity contribution is -0.139. The molecule has 0 N–H and O–H groups in total. The number of thiazole rings is 1. The second kappa shape index (κ2) is 12.8. The molecule has 0 amide bonds. The Morgan fingerprint density at radius 2 is 1.68 bits per heavy atom. The molecule has 0 spiro atoms. The molecule has 0 aliphatic carbocycles. The minimum Gasteiger partial charge on any atom is -0.496 e. The van der Waals surface area contributed by atoms with E-state index in [0.29, 0.717) is 48.6 Å². The number of methoxy groups -OCH3 is 1. The summed E-state index contributed by atoms with van der Waals surface area (Å²) in [5, 5.41) is 0. The van der Waals surface area contributed by atoms with Crippen LogP contribution in [0.15, 0.2) is 74.1 Å². The van der Waals surface area contributed by atoms with Crippen LogP contribution in [0.25, 0.3) is 11.8 Å². The maximum Gasteiger partial charge on any atom is 0.338 e. The van der Waals surface area contributed by atoms with Gasteiger partial charge in [0.15, 0.2) is 4.80 Å². The van der Waals surface area contributed by atoms with Crippen molar-refractivity contribution in [1.82, 2.24) is 9.13 Å². The molecule has 1 aliphatic rings. The third kappa shape index (κ3) is 5.69. The van der Waals surface area contributed by atoms with Gasteiger partial charge in [-0.1, -0.05) is 17.4 Å². The Hall–Kier alpha value is -4.22. The number of benzene rings is 2. The van der Waals surface area contributed by atoms with E-state index in [4.69, 9.17) is 14.2 Å². The van der Waals surface area contributed by atoms with Crippen LogP contribution in [-0.2, 0) is 14.3 Å². The number of aromatic nitrogens is 2. The third-order valence-corrected chi connectivity index (χ3v) is 9.00. The number of esters is 2. The molecule has 5 rings (SSSR count). The van der Waals surface area contributed by atoms with Gasteiger partial charge in [-0.2, -0.15) is 0 Å². The van der Waals surface area contributed by atoms with Crippen LogP contribution in [-0.4, -0.2) is 41.4 Å². The summed E-state index contributed by atoms with van der Waals surface area (Å²) in [4.78, 5) is 44.6. The predicted molar refractivity (Wildman–Crippen MR) is 172 cm³/mol. The Kier molecular flexibility index (Phi) is 9.07. The van der Waals surface area contributed by atoms with E-state index in [1.54, 1.807) is 50.6 Å². The molecule has 9 nitrogen and oxygen atoms in total. The van der Waals surface area contributed by atoms with E-state index in [1.807, 2.05) is 50.3 Å². The van der Waals surface area contributed by atoms with Crippen molar-refractivity contribution in [2.24, 2.45) is 4.99 Å². The minimum absolute atomic E-state index is 0.195. The molecule has 4 aromatic rings. The fourth-order valence-electron chi connectivity index (χ4n) is 5.39. The summed E-state index contributed by atoms with van der Waals surface area (Å²) in [6.45, 7) is 9.75. The first-order valence-corrected chi connectivity index (χ1v) is 15.7. The van der Waals surface area contributed by atoms with Crippen LogP contribution in [0.3, 0.4) is 0 Å². The molecular weight excluding hydrogens is 646 g/mol. The second-order valence-corrected chi connectivity index (χ2v) is 12.0. The average Bonchev–Trinajstić information content (AvgIpc) is 3.45. The molecular formula is C33H32BrN3O6S. The Balaban J connectivity index is 1.63. The van der Waals surface area contributed by atoms with Crippen LogP contribution >= 0.6 is 27.3 Å². The number of nitrogens with zero attached hydrogens (tertiary/aromatic N) is 3. The minimum atomic E-state index is -0.736. The number of rotatable bonds is 8. The van der Waals surface area contributed by atoms with Crippen molar-refractivity contribution >= 4 is 45.3 Å². The molecule has 0 radical (unpaired) electrons. The van der Waals surface area contributed by atoms with Crippen molar-refractivity contribution < 1.29 is 23.8 Å². The molecule has 228 valence electrons. The molecule has 0 bridgehead atoms. The average molecular weight is 679 g/mol. The lowest BCUT2D eigenvalue weighted by Crippen LogP contribution is -2.40. The summed E-state index contributed by atoms with van der Waals surface area (Å²) in [7, 11) is 1.58. The van der Waals surface area contributed by atoms with E-state index in [0.717, 1.165) is 22.6 Å². The van der Waals surface area contributed by atoms with Gasteiger partial charge in [-0.25, -0.2) is 14.6 Å². The predicted octanol–water partition coefficient (Wildman–Crippen LogP) is 5.15. The number of ether oxygens (including phenoxy) is 3. The Labute approximate surface area is 266 Å². The molecule has 0 fully saturated rings. The van der Waals surface area contributed by atoms with Gasteiger partial charge < -0.3 is 18.8 Å². The number of halogens is 1. The highest BCUT2D eigenvalue weighted by molar-refractivity contribution is 9.10. The van der Waals surface area contributed by atoms with Crippen molar-refractivity contribution in [2.75, 3.05) is 20.3 Å². The van der Waals surface area contributed by atoms with Crippen molar-refractivity contribution in [3.05, 3.63) is 112 Å². The van der Waals surface area contributed by atoms with Gasteiger partial charge in [0.1, 0.15) is 5.75 Å². The van der Waals surface area contributed by atoms with E-state index < -0.39 is 12.0 Å². The van der Waals surface area contributed by atoms with Crippen LogP contribution in [0, 0.1) is 13.8 Å². The van der Waals surface area contributed by atoms with Crippen LogP contribution in [0.1, 0.15) is 59.7 Å². The molecule has 1 aliphatic heterocycles. The van der Waals surface area contributed by atoms with Gasteiger partial charge in [0.2, 0.25) is 0 Å². The van der Waals surface area contributed by atoms with Gasteiger partial charge in [-0.05, 0) is 110 Å². The van der Waals surface area contributed by atoms with Crippen molar-refractivity contribution in [2.45, 2.75) is 40.7 Å². The quantitative estimate of drug-likeness (QED) is 0.239. The standard InChI is InChI=1S/C33H32BrN3O6S/c1-7-42-31(39)21-9-12-24(13-10-21)36-18(3)15-23(20(36)5)17-27-30(38)37-29(22-11-14-26(41-6)25(34)16-22)28(32(40)43-8-2)19(4)35-33(37)44-27/h9-17,29H,7-8H2,1-6H3/b27-17+/t29-/m1/s1. The first-order chi connectivity index (χ1) is 21.1. The highest BCUT2D eigenvalue weighted by Crippen LogP contribution is 2.35. The van der Waals surface area contributed by atoms with E-state index in [9.17, 15) is 14.4 Å². The van der Waals surface area contributed by atoms with Crippen LogP contribution in [0.2, 0.25) is 0 Å². The highest BCUT2D eigenvalue weighted by Gasteiger charge is 2.33. The molecule has 0 saturated carbocycles. The molecule has 3 heterocycles. The molecule has 2 aromatic carbocycles. The van der Waals surface area contributed by atoms with E-state index in [1.165, 1.54) is 11.3 Å². The Bertz CT molecular complexity index is 1980. The number of carbonyl (C=O) groups excluding carboxylic acids is 2. The fourth-order valence-corrected chi connectivity index (χ4v) is 6.99. The number of hydrogen-bond donors (Lipinski definition) is 0. The van der Waals surface area contributed by atoms with Gasteiger partial charge in [0.05, 0.1) is 52.2 Å². The first-order valence-electron chi connectivity index (χ1n) is 14.1. The largest absolute Gasteiger partial charge is 0.496 e. The van der Waals surface area contributed by atoms with Gasteiger partial charge in [-0.15, -0.1) is 0 Å². The van der Waals surface area contributed by atoms with Crippen LogP contribution in [0.4, 0.5) is 0 Å². The number of aryl methyl sites for hydroxylation is 1. The molecule has 11 heteroatoms. The van der Waals surface area contributed by atoms with Crippen molar-refractivity contribution in [3.8, 4) is 11.4 Å². The summed E-state index contributed by atoms with van der Waals surface area (Å²) in [6, 6.07) is 14.0. The topological polar surface area (TPSA) is 101 Å². The zero-order valence-electron chi connectivity index (χ0n) is 25.3. The summed E-state index contributed by atoms with van der Waals surface area (Å²) in [5.74, 6) is -0.249. The second-order valence-electron chi connectivity index (χ2n) is 10.1. The zero-order valence-corrected chi connectivity index (χ0v) is 27.7. The summed E-state index contributed by atoms with van der Waals surface area (Å²) < 4.78 is 20.7. The molecule has 44 heavy (non-hydrogen) atoms. The zero-order chi connectivity index (χ0) is 31.7. The van der Waals surface area contributed by atoms with Crippen LogP contribution in [0.5, 0.6) is 5.75 Å². The molecule has 0 saturated heterocycles. The maximum absolute atomic E-state index is 14.1. The highest BCUT2D eigenvalue weighted by atomic mass is 79.9. The van der Waals surface area contributed by atoms with Crippen molar-refractivity contribution in [1.29, 1.82) is 0 Å². The molecule has 1 atom stereocenters. The lowest BCUT2D eigenvalue weighted by Gasteiger charge is -2.25. The first kappa shape index (κ1) is 31.2. The van der Waals surface area contributed by atoms with Crippen LogP contribution < -0.4 is 19.6 Å². The van der Waals surface area contributed by atoms with Gasteiger partial charge in [0, 0.05) is 17.1 Å². The number of fused-ring (bicyclic) bond motifs is 1. The Morgan fingerprint density at radius 1 is 1.00 bits per heavy atom. The summed E-state index contributed by atoms with van der Waals surface area (Å²) in [6.07, 6.45) is 1.86. The Morgan fingerprint density at radius 3 is 2.32 bits per heavy atom. The monoisotopic (exact) mass is 677 g/mol. The number of carbonyl (C=O) groups is 2. The fraction of sp³-hybridized carbons (Fsp3) is 0.273. The molecule has 2 aromatic heterocycles. The van der Waals surface area contributed by atoms with E-state index >= 15 is 0 Å². The number of allylic oxidation sites excluding steroid dienone is 1. The third-order valence-electron chi connectivity index (χ3n) is 7.40. The normalized spacial score (nSPS) is 14.7. The van der Waals surface area contributed by atoms with E-state index in [-0.39, 0.29) is 18.1 Å². The van der Waals surface area contributed by atoms with Gasteiger partial charge >= 0.3 is 11.9 Å². The van der Waals surface area contributed by atoms with Gasteiger partial charge in [-0.3, -0.25) is 9.36 Å². The SMILES string of the molecule is CCOC(=O)C1=C(C)N=c2s/c(=C/c3cc(C)n(-c4ccc(C(=O)OCC)cc4)c3C)c(=O)n2[C@@H]1c1ccc(OC)c(Br)c1. The number of hydrogen-bond acceptors (Lipinski definition) is 8. The summed E-state index contributed by atoms with van der Waals surface area (Å²) in [5.41, 5.74) is 5.39. The molecule has 0 unspecified atom stereocenters.